The van der Waals surface area contributed by atoms with Crippen LogP contribution in [0.2, 0.25) is 0 Å². The molecule has 4 nitrogen and oxygen atoms in total. The van der Waals surface area contributed by atoms with E-state index in [2.05, 4.69) is 43.7 Å². The Hall–Kier alpha value is -1.20. The highest BCUT2D eigenvalue weighted by molar-refractivity contribution is 9.10. The van der Waals surface area contributed by atoms with Crippen LogP contribution in [0.5, 0.6) is 0 Å². The first-order valence-electron chi connectivity index (χ1n) is 5.47. The molecule has 0 bridgehead atoms. The molecule has 1 heterocycles. The second-order valence-electron chi connectivity index (χ2n) is 3.98. The van der Waals surface area contributed by atoms with Crippen LogP contribution in [-0.2, 0) is 13.5 Å². The van der Waals surface area contributed by atoms with Crippen molar-refractivity contribution < 1.29 is 0 Å². The average Bonchev–Trinajstić information content (AvgIpc) is 2.72. The molecule has 0 amide bonds. The second-order valence-corrected chi connectivity index (χ2v) is 4.90. The molecular formula is C12H15BrN4. The Morgan fingerprint density at radius 2 is 2.29 bits per heavy atom. The Morgan fingerprint density at radius 3 is 2.88 bits per heavy atom. The lowest BCUT2D eigenvalue weighted by molar-refractivity contribution is 0.583. The Morgan fingerprint density at radius 1 is 1.47 bits per heavy atom. The Labute approximate surface area is 109 Å². The summed E-state index contributed by atoms with van der Waals surface area (Å²) in [5, 5.41) is 11.4. The number of hydrogen-bond acceptors (Lipinski definition) is 3. The third-order valence-corrected chi connectivity index (χ3v) is 3.16. The average molecular weight is 295 g/mol. The molecule has 0 spiro atoms. The number of benzene rings is 1. The number of rotatable bonds is 4. The number of nitrogens with one attached hydrogen (secondary N) is 1. The van der Waals surface area contributed by atoms with Crippen molar-refractivity contribution in [2.45, 2.75) is 12.5 Å². The summed E-state index contributed by atoms with van der Waals surface area (Å²) >= 11 is 3.49. The van der Waals surface area contributed by atoms with Crippen molar-refractivity contribution in [1.82, 2.24) is 20.3 Å². The van der Waals surface area contributed by atoms with E-state index in [0.717, 1.165) is 16.6 Å². The van der Waals surface area contributed by atoms with Crippen LogP contribution in [0.3, 0.4) is 0 Å². The van der Waals surface area contributed by atoms with Crippen molar-refractivity contribution in [2.24, 2.45) is 7.05 Å². The fourth-order valence-corrected chi connectivity index (χ4v) is 2.22. The maximum absolute atomic E-state index is 4.11. The van der Waals surface area contributed by atoms with E-state index in [4.69, 9.17) is 0 Å². The van der Waals surface area contributed by atoms with E-state index in [1.807, 2.05) is 32.4 Å². The SMILES string of the molecule is CNC(Cc1cn(C)nn1)c1cccc(Br)c1. The van der Waals surface area contributed by atoms with Gasteiger partial charge in [-0.25, -0.2) is 0 Å². The molecule has 0 aliphatic rings. The van der Waals surface area contributed by atoms with E-state index >= 15 is 0 Å². The van der Waals surface area contributed by atoms with E-state index in [-0.39, 0.29) is 6.04 Å². The fraction of sp³-hybridized carbons (Fsp3) is 0.333. The summed E-state index contributed by atoms with van der Waals surface area (Å²) in [4.78, 5) is 0. The third kappa shape index (κ3) is 3.14. The summed E-state index contributed by atoms with van der Waals surface area (Å²) < 4.78 is 2.82. The van der Waals surface area contributed by atoms with Gasteiger partial charge in [0, 0.05) is 30.2 Å². The monoisotopic (exact) mass is 294 g/mol. The van der Waals surface area contributed by atoms with Crippen molar-refractivity contribution in [3.05, 3.63) is 46.2 Å². The first kappa shape index (κ1) is 12.3. The molecule has 0 aliphatic heterocycles. The van der Waals surface area contributed by atoms with Crippen molar-refractivity contribution in [1.29, 1.82) is 0 Å². The fourth-order valence-electron chi connectivity index (χ4n) is 1.81. The molecule has 0 aliphatic carbocycles. The quantitative estimate of drug-likeness (QED) is 0.939. The van der Waals surface area contributed by atoms with Crippen LogP contribution in [0.1, 0.15) is 17.3 Å². The molecule has 90 valence electrons. The molecule has 1 unspecified atom stereocenters. The van der Waals surface area contributed by atoms with Gasteiger partial charge < -0.3 is 5.32 Å². The molecule has 0 saturated heterocycles. The van der Waals surface area contributed by atoms with E-state index in [0.29, 0.717) is 0 Å². The molecule has 2 rings (SSSR count). The first-order valence-corrected chi connectivity index (χ1v) is 6.26. The van der Waals surface area contributed by atoms with Crippen LogP contribution >= 0.6 is 15.9 Å². The van der Waals surface area contributed by atoms with Crippen LogP contribution in [0.4, 0.5) is 0 Å². The highest BCUT2D eigenvalue weighted by Gasteiger charge is 2.12. The van der Waals surface area contributed by atoms with E-state index in [1.165, 1.54) is 5.56 Å². The summed E-state index contributed by atoms with van der Waals surface area (Å²) in [5.41, 5.74) is 2.24. The summed E-state index contributed by atoms with van der Waals surface area (Å²) in [6.07, 6.45) is 2.78. The minimum atomic E-state index is 0.254. The van der Waals surface area contributed by atoms with Crippen LogP contribution in [0.15, 0.2) is 34.9 Å². The molecule has 1 N–H and O–H groups in total. The number of aryl methyl sites for hydroxylation is 1. The predicted molar refractivity (Wildman–Crippen MR) is 70.6 cm³/mol. The normalized spacial score (nSPS) is 12.6. The van der Waals surface area contributed by atoms with Gasteiger partial charge in [-0.15, -0.1) is 5.10 Å². The molecule has 1 atom stereocenters. The molecule has 5 heteroatoms. The van der Waals surface area contributed by atoms with Gasteiger partial charge in [0.1, 0.15) is 0 Å². The van der Waals surface area contributed by atoms with Crippen LogP contribution in [0.25, 0.3) is 0 Å². The summed E-state index contributed by atoms with van der Waals surface area (Å²) in [6.45, 7) is 0. The molecule has 0 fully saturated rings. The lowest BCUT2D eigenvalue weighted by Crippen LogP contribution is -2.19. The molecule has 1 aromatic heterocycles. The summed E-state index contributed by atoms with van der Waals surface area (Å²) in [6, 6.07) is 8.56. The number of aromatic nitrogens is 3. The summed E-state index contributed by atoms with van der Waals surface area (Å²) in [7, 11) is 3.84. The highest BCUT2D eigenvalue weighted by atomic mass is 79.9. The largest absolute Gasteiger partial charge is 0.313 e. The molecule has 1 aromatic carbocycles. The number of hydrogen-bond donors (Lipinski definition) is 1. The number of likely N-dealkylation sites (N-methyl/N-ethyl adjacent to an activating group) is 1. The Bertz CT molecular complexity index is 495. The van der Waals surface area contributed by atoms with Gasteiger partial charge in [0.2, 0.25) is 0 Å². The van der Waals surface area contributed by atoms with Gasteiger partial charge in [0.05, 0.1) is 5.69 Å². The summed E-state index contributed by atoms with van der Waals surface area (Å²) in [5.74, 6) is 0. The van der Waals surface area contributed by atoms with Crippen molar-refractivity contribution in [3.8, 4) is 0 Å². The maximum Gasteiger partial charge on any atom is 0.0845 e. The Balaban J connectivity index is 2.16. The first-order chi connectivity index (χ1) is 8.19. The highest BCUT2D eigenvalue weighted by Crippen LogP contribution is 2.20. The van der Waals surface area contributed by atoms with Crippen molar-refractivity contribution in [2.75, 3.05) is 7.05 Å². The maximum atomic E-state index is 4.11. The standard InChI is InChI=1S/C12H15BrN4/c1-14-12(7-11-8-17(2)16-15-11)9-4-3-5-10(13)6-9/h3-6,8,12,14H,7H2,1-2H3. The van der Waals surface area contributed by atoms with E-state index in [9.17, 15) is 0 Å². The molecule has 0 radical (unpaired) electrons. The molecule has 17 heavy (non-hydrogen) atoms. The zero-order valence-corrected chi connectivity index (χ0v) is 11.5. The van der Waals surface area contributed by atoms with Gasteiger partial charge in [-0.1, -0.05) is 33.3 Å². The van der Waals surface area contributed by atoms with Crippen molar-refractivity contribution >= 4 is 15.9 Å². The Kier molecular flexibility index (Phi) is 3.91. The number of halogens is 1. The zero-order valence-electron chi connectivity index (χ0n) is 9.89. The van der Waals surface area contributed by atoms with Gasteiger partial charge in [0.25, 0.3) is 0 Å². The zero-order chi connectivity index (χ0) is 12.3. The lowest BCUT2D eigenvalue weighted by Gasteiger charge is -2.15. The number of nitrogens with zero attached hydrogens (tertiary/aromatic N) is 3. The van der Waals surface area contributed by atoms with Gasteiger partial charge in [0.15, 0.2) is 0 Å². The van der Waals surface area contributed by atoms with Gasteiger partial charge >= 0.3 is 0 Å². The lowest BCUT2D eigenvalue weighted by atomic mass is 10.0. The third-order valence-electron chi connectivity index (χ3n) is 2.66. The van der Waals surface area contributed by atoms with E-state index < -0.39 is 0 Å². The van der Waals surface area contributed by atoms with Gasteiger partial charge in [-0.3, -0.25) is 4.68 Å². The van der Waals surface area contributed by atoms with Gasteiger partial charge in [-0.2, -0.15) is 0 Å². The van der Waals surface area contributed by atoms with Crippen LogP contribution in [0, 0.1) is 0 Å². The minimum Gasteiger partial charge on any atom is -0.313 e. The predicted octanol–water partition coefficient (Wildman–Crippen LogP) is 2.08. The second kappa shape index (κ2) is 5.42. The van der Waals surface area contributed by atoms with Crippen LogP contribution < -0.4 is 5.32 Å². The van der Waals surface area contributed by atoms with E-state index in [1.54, 1.807) is 4.68 Å². The molecular weight excluding hydrogens is 280 g/mol. The minimum absolute atomic E-state index is 0.254. The van der Waals surface area contributed by atoms with Crippen LogP contribution in [-0.4, -0.2) is 22.0 Å². The molecule has 0 saturated carbocycles. The topological polar surface area (TPSA) is 42.7 Å². The van der Waals surface area contributed by atoms with Gasteiger partial charge in [-0.05, 0) is 24.7 Å². The smallest absolute Gasteiger partial charge is 0.0845 e. The van der Waals surface area contributed by atoms with Crippen molar-refractivity contribution in [3.63, 3.8) is 0 Å². The molecule has 2 aromatic rings.